The van der Waals surface area contributed by atoms with E-state index >= 15 is 0 Å². The van der Waals surface area contributed by atoms with Crippen molar-refractivity contribution in [2.75, 3.05) is 12.4 Å². The van der Waals surface area contributed by atoms with Crippen molar-refractivity contribution in [2.45, 2.75) is 44.8 Å². The van der Waals surface area contributed by atoms with E-state index in [2.05, 4.69) is 5.32 Å². The Morgan fingerprint density at radius 1 is 1.00 bits per heavy atom. The number of methoxy groups -OCH3 is 1. The van der Waals surface area contributed by atoms with Gasteiger partial charge in [0.15, 0.2) is 0 Å². The maximum Gasteiger partial charge on any atom is 0.303 e. The molecule has 0 unspecified atom stereocenters. The van der Waals surface area contributed by atoms with E-state index in [1.165, 1.54) is 0 Å². The molecule has 1 amide bonds. The van der Waals surface area contributed by atoms with Gasteiger partial charge in [0.05, 0.1) is 13.7 Å². The molecule has 0 saturated heterocycles. The van der Waals surface area contributed by atoms with Crippen molar-refractivity contribution >= 4 is 17.6 Å². The molecule has 0 radical (unpaired) electrons. The number of anilines is 1. The molecule has 2 N–H and O–H groups in total. The first-order valence-electron chi connectivity index (χ1n) is 9.40. The number of carboxylic acid groups (broad SMARTS) is 1. The smallest absolute Gasteiger partial charge is 0.303 e. The van der Waals surface area contributed by atoms with Gasteiger partial charge in [-0.15, -0.1) is 0 Å². The predicted octanol–water partition coefficient (Wildman–Crippen LogP) is 4.25. The molecule has 0 saturated carbocycles. The maximum atomic E-state index is 12.7. The van der Waals surface area contributed by atoms with Gasteiger partial charge >= 0.3 is 5.97 Å². The Kier molecular flexibility index (Phi) is 9.01. The number of unbranched alkanes of at least 4 members (excludes halogenated alkanes) is 2. The van der Waals surface area contributed by atoms with Gasteiger partial charge in [0.25, 0.3) is 5.91 Å². The van der Waals surface area contributed by atoms with Crippen LogP contribution in [0.15, 0.2) is 54.6 Å². The Morgan fingerprint density at radius 3 is 2.36 bits per heavy atom. The zero-order chi connectivity index (χ0) is 20.2. The van der Waals surface area contributed by atoms with Gasteiger partial charge in [0, 0.05) is 12.1 Å². The zero-order valence-electron chi connectivity index (χ0n) is 16.1. The van der Waals surface area contributed by atoms with Crippen molar-refractivity contribution in [2.24, 2.45) is 0 Å². The lowest BCUT2D eigenvalue weighted by atomic mass is 10.1. The van der Waals surface area contributed by atoms with Crippen molar-refractivity contribution in [3.63, 3.8) is 0 Å². The highest BCUT2D eigenvalue weighted by Gasteiger charge is 2.19. The fraction of sp³-hybridized carbons (Fsp3) is 0.364. The average Bonchev–Trinajstić information content (AvgIpc) is 2.70. The monoisotopic (exact) mass is 385 g/mol. The first-order valence-corrected chi connectivity index (χ1v) is 9.40. The van der Waals surface area contributed by atoms with Crippen LogP contribution in [0.4, 0.5) is 5.69 Å². The van der Waals surface area contributed by atoms with E-state index in [1.807, 2.05) is 54.6 Å². The highest BCUT2D eigenvalue weighted by molar-refractivity contribution is 5.94. The van der Waals surface area contributed by atoms with Gasteiger partial charge in [-0.2, -0.15) is 0 Å². The van der Waals surface area contributed by atoms with Gasteiger partial charge in [0.2, 0.25) is 0 Å². The minimum absolute atomic E-state index is 0.146. The number of ether oxygens (including phenoxy) is 2. The normalized spacial score (nSPS) is 11.6. The molecule has 0 aromatic heterocycles. The lowest BCUT2D eigenvalue weighted by Crippen LogP contribution is -2.30. The van der Waals surface area contributed by atoms with Crippen molar-refractivity contribution in [3.05, 3.63) is 60.2 Å². The van der Waals surface area contributed by atoms with Crippen molar-refractivity contribution < 1.29 is 24.2 Å². The fourth-order valence-corrected chi connectivity index (χ4v) is 2.74. The summed E-state index contributed by atoms with van der Waals surface area (Å²) in [4.78, 5) is 23.3. The SMILES string of the molecule is COc1ccc(CO[C@H](CCCCCC(=O)O)C(=O)Nc2ccccc2)cc1. The molecule has 2 aromatic rings. The van der Waals surface area contributed by atoms with Crippen LogP contribution in [0.3, 0.4) is 0 Å². The van der Waals surface area contributed by atoms with E-state index in [0.717, 1.165) is 29.8 Å². The summed E-state index contributed by atoms with van der Waals surface area (Å²) >= 11 is 0. The van der Waals surface area contributed by atoms with Crippen LogP contribution < -0.4 is 10.1 Å². The molecule has 1 atom stereocenters. The summed E-state index contributed by atoms with van der Waals surface area (Å²) in [7, 11) is 1.61. The number of carbonyl (C=O) groups excluding carboxylic acids is 1. The molecule has 0 aliphatic carbocycles. The van der Waals surface area contributed by atoms with Crippen LogP contribution in [-0.2, 0) is 20.9 Å². The molecular formula is C22H27NO5. The van der Waals surface area contributed by atoms with Gasteiger partial charge < -0.3 is 19.9 Å². The number of benzene rings is 2. The van der Waals surface area contributed by atoms with Gasteiger partial charge in [-0.1, -0.05) is 43.2 Å². The molecule has 28 heavy (non-hydrogen) atoms. The fourth-order valence-electron chi connectivity index (χ4n) is 2.74. The Bertz CT molecular complexity index is 730. The number of rotatable bonds is 12. The van der Waals surface area contributed by atoms with E-state index in [1.54, 1.807) is 7.11 Å². The average molecular weight is 385 g/mol. The largest absolute Gasteiger partial charge is 0.497 e. The molecule has 2 aromatic carbocycles. The molecule has 0 fully saturated rings. The molecule has 150 valence electrons. The van der Waals surface area contributed by atoms with Crippen LogP contribution in [-0.4, -0.2) is 30.2 Å². The highest BCUT2D eigenvalue weighted by atomic mass is 16.5. The third kappa shape index (κ3) is 7.80. The standard InChI is InChI=1S/C22H27NO5/c1-27-19-14-12-17(13-15-19)16-28-20(10-6-3-7-11-21(24)25)22(26)23-18-8-4-2-5-9-18/h2,4-5,8-9,12-15,20H,3,6-7,10-11,16H2,1H3,(H,23,26)(H,24,25)/t20-/m1/s1. The van der Waals surface area contributed by atoms with E-state index in [-0.39, 0.29) is 12.3 Å². The highest BCUT2D eigenvalue weighted by Crippen LogP contribution is 2.16. The number of nitrogens with one attached hydrogen (secondary N) is 1. The molecule has 2 rings (SSSR count). The lowest BCUT2D eigenvalue weighted by molar-refractivity contribution is -0.137. The summed E-state index contributed by atoms with van der Waals surface area (Å²) in [5.74, 6) is -0.229. The Balaban J connectivity index is 1.91. The van der Waals surface area contributed by atoms with Crippen LogP contribution >= 0.6 is 0 Å². The Labute approximate surface area is 165 Å². The quantitative estimate of drug-likeness (QED) is 0.534. The lowest BCUT2D eigenvalue weighted by Gasteiger charge is -2.18. The van der Waals surface area contributed by atoms with Gasteiger partial charge in [-0.05, 0) is 42.7 Å². The second-order valence-electron chi connectivity index (χ2n) is 6.50. The summed E-state index contributed by atoms with van der Waals surface area (Å²) in [6, 6.07) is 16.7. The summed E-state index contributed by atoms with van der Waals surface area (Å²) < 4.78 is 11.0. The second kappa shape index (κ2) is 11.8. The second-order valence-corrected chi connectivity index (χ2v) is 6.50. The molecule has 0 bridgehead atoms. The van der Waals surface area contributed by atoms with Crippen molar-refractivity contribution in [1.29, 1.82) is 0 Å². The molecule has 0 heterocycles. The van der Waals surface area contributed by atoms with Crippen LogP contribution in [0.5, 0.6) is 5.75 Å². The van der Waals surface area contributed by atoms with Gasteiger partial charge in [-0.25, -0.2) is 0 Å². The number of hydrogen-bond acceptors (Lipinski definition) is 4. The van der Waals surface area contributed by atoms with Crippen LogP contribution in [0, 0.1) is 0 Å². The van der Waals surface area contributed by atoms with Crippen molar-refractivity contribution in [1.82, 2.24) is 0 Å². The summed E-state index contributed by atoms with van der Waals surface area (Å²) in [5, 5.41) is 11.6. The summed E-state index contributed by atoms with van der Waals surface area (Å²) in [6.07, 6.45) is 2.14. The van der Waals surface area contributed by atoms with Crippen LogP contribution in [0.2, 0.25) is 0 Å². The predicted molar refractivity (Wildman–Crippen MR) is 107 cm³/mol. The number of amides is 1. The minimum Gasteiger partial charge on any atom is -0.497 e. The van der Waals surface area contributed by atoms with Crippen LogP contribution in [0.1, 0.15) is 37.7 Å². The maximum absolute atomic E-state index is 12.7. The summed E-state index contributed by atoms with van der Waals surface area (Å²) in [6.45, 7) is 0.312. The van der Waals surface area contributed by atoms with E-state index in [9.17, 15) is 9.59 Å². The third-order valence-corrected chi connectivity index (χ3v) is 4.30. The molecule has 0 spiro atoms. The van der Waals surface area contributed by atoms with E-state index < -0.39 is 12.1 Å². The molecule has 0 aliphatic rings. The zero-order valence-corrected chi connectivity index (χ0v) is 16.1. The number of hydrogen-bond donors (Lipinski definition) is 2. The number of aliphatic carboxylic acids is 1. The molecule has 6 heteroatoms. The van der Waals surface area contributed by atoms with Crippen molar-refractivity contribution in [3.8, 4) is 5.75 Å². The van der Waals surface area contributed by atoms with E-state index in [4.69, 9.17) is 14.6 Å². The molecule has 6 nitrogen and oxygen atoms in total. The first-order chi connectivity index (χ1) is 13.6. The number of para-hydroxylation sites is 1. The topological polar surface area (TPSA) is 84.9 Å². The number of carboxylic acids is 1. The summed E-state index contributed by atoms with van der Waals surface area (Å²) in [5.41, 5.74) is 1.67. The Hall–Kier alpha value is -2.86. The first kappa shape index (κ1) is 21.4. The third-order valence-electron chi connectivity index (χ3n) is 4.30. The minimum atomic E-state index is -0.797. The van der Waals surface area contributed by atoms with E-state index in [0.29, 0.717) is 19.4 Å². The molecular weight excluding hydrogens is 358 g/mol. The van der Waals surface area contributed by atoms with Gasteiger partial charge in [0.1, 0.15) is 11.9 Å². The Morgan fingerprint density at radius 2 is 1.71 bits per heavy atom. The molecule has 0 aliphatic heterocycles. The van der Waals surface area contributed by atoms with Gasteiger partial charge in [-0.3, -0.25) is 9.59 Å². The van der Waals surface area contributed by atoms with Crippen LogP contribution in [0.25, 0.3) is 0 Å². The number of carbonyl (C=O) groups is 2.